The molecule has 3 N–H and O–H groups in total. The Kier molecular flexibility index (Phi) is 5.82. The predicted octanol–water partition coefficient (Wildman–Crippen LogP) is 3.32. The second-order valence-electron chi connectivity index (χ2n) is 7.32. The fourth-order valence-corrected chi connectivity index (χ4v) is 3.82. The minimum atomic E-state index is -0.747. The first kappa shape index (κ1) is 21.0. The molecule has 0 aliphatic carbocycles. The number of amides is 3. The summed E-state index contributed by atoms with van der Waals surface area (Å²) in [5.74, 6) is -0.871. The summed E-state index contributed by atoms with van der Waals surface area (Å²) in [6.07, 6.45) is 1.21. The van der Waals surface area contributed by atoms with E-state index in [1.165, 1.54) is 22.9 Å². The molecule has 7 heteroatoms. The summed E-state index contributed by atoms with van der Waals surface area (Å²) in [6.45, 7) is 4.77. The standard InChI is InChI=1S/C23H24N4O3/c1-14-5-4-6-19(11-14)27-15(2)21(16(3)28)22(26(23(27)30)13-20(25)29)18-9-7-17(12-24)8-10-18/h4-12,22,24H,13H2,1-3H3,(H2,25,29)/t22-/m1/s1. The summed E-state index contributed by atoms with van der Waals surface area (Å²) in [5, 5.41) is 7.38. The zero-order valence-corrected chi connectivity index (χ0v) is 17.2. The molecule has 1 atom stereocenters. The Balaban J connectivity index is 2.24. The van der Waals surface area contributed by atoms with Crippen LogP contribution in [-0.2, 0) is 9.59 Å². The molecule has 7 nitrogen and oxygen atoms in total. The van der Waals surface area contributed by atoms with Crippen LogP contribution in [0.3, 0.4) is 0 Å². The maximum atomic E-state index is 13.5. The average Bonchev–Trinajstić information content (AvgIpc) is 2.69. The highest BCUT2D eigenvalue weighted by Gasteiger charge is 2.41. The second kappa shape index (κ2) is 8.32. The van der Waals surface area contributed by atoms with E-state index in [9.17, 15) is 14.4 Å². The number of carbonyl (C=O) groups excluding carboxylic acids is 3. The van der Waals surface area contributed by atoms with Gasteiger partial charge in [0, 0.05) is 17.5 Å². The van der Waals surface area contributed by atoms with Crippen molar-refractivity contribution in [1.29, 1.82) is 5.41 Å². The van der Waals surface area contributed by atoms with Crippen LogP contribution in [0, 0.1) is 12.3 Å². The zero-order valence-electron chi connectivity index (χ0n) is 17.2. The molecule has 0 unspecified atom stereocenters. The van der Waals surface area contributed by atoms with Crippen molar-refractivity contribution in [3.63, 3.8) is 0 Å². The molecule has 3 rings (SSSR count). The number of Topliss-reactive ketones (excluding diaryl/α,β-unsaturated/α-hetero) is 1. The van der Waals surface area contributed by atoms with Gasteiger partial charge in [-0.25, -0.2) is 4.79 Å². The van der Waals surface area contributed by atoms with Crippen LogP contribution in [0.1, 0.15) is 36.6 Å². The SMILES string of the molecule is CC(=O)C1=C(C)N(c2cccc(C)c2)C(=O)N(CC(N)=O)[C@@H]1c1ccc(C=N)cc1. The highest BCUT2D eigenvalue weighted by atomic mass is 16.2. The van der Waals surface area contributed by atoms with Gasteiger partial charge in [0.15, 0.2) is 5.78 Å². The van der Waals surface area contributed by atoms with Crippen LogP contribution in [0.4, 0.5) is 10.5 Å². The summed E-state index contributed by atoms with van der Waals surface area (Å²) in [4.78, 5) is 40.8. The van der Waals surface area contributed by atoms with Crippen LogP contribution < -0.4 is 10.6 Å². The van der Waals surface area contributed by atoms with Crippen molar-refractivity contribution in [3.05, 3.63) is 76.5 Å². The van der Waals surface area contributed by atoms with Crippen molar-refractivity contribution in [3.8, 4) is 0 Å². The van der Waals surface area contributed by atoms with Crippen molar-refractivity contribution in [1.82, 2.24) is 4.90 Å². The van der Waals surface area contributed by atoms with E-state index in [2.05, 4.69) is 0 Å². The largest absolute Gasteiger partial charge is 0.368 e. The third kappa shape index (κ3) is 3.87. The molecule has 0 fully saturated rings. The van der Waals surface area contributed by atoms with Gasteiger partial charge in [-0.2, -0.15) is 0 Å². The number of anilines is 1. The first-order chi connectivity index (χ1) is 14.2. The number of ketones is 1. The van der Waals surface area contributed by atoms with Gasteiger partial charge in [-0.15, -0.1) is 0 Å². The van der Waals surface area contributed by atoms with Crippen LogP contribution in [-0.4, -0.2) is 35.4 Å². The Morgan fingerprint density at radius 1 is 1.13 bits per heavy atom. The number of allylic oxidation sites excluding steroid dienone is 1. The number of primary amides is 1. The number of benzene rings is 2. The van der Waals surface area contributed by atoms with Crippen molar-refractivity contribution < 1.29 is 14.4 Å². The number of hydrogen-bond acceptors (Lipinski definition) is 4. The molecule has 2 aromatic carbocycles. The second-order valence-corrected chi connectivity index (χ2v) is 7.32. The fourth-order valence-electron chi connectivity index (χ4n) is 3.82. The van der Waals surface area contributed by atoms with Crippen molar-refractivity contribution >= 4 is 29.6 Å². The van der Waals surface area contributed by atoms with Gasteiger partial charge in [-0.05, 0) is 49.6 Å². The Morgan fingerprint density at radius 2 is 1.80 bits per heavy atom. The Morgan fingerprint density at radius 3 is 2.33 bits per heavy atom. The van der Waals surface area contributed by atoms with Gasteiger partial charge in [0.2, 0.25) is 5.91 Å². The molecule has 0 bridgehead atoms. The third-order valence-corrected chi connectivity index (χ3v) is 5.13. The molecule has 154 valence electrons. The fraction of sp³-hybridized carbons (Fsp3) is 0.217. The van der Waals surface area contributed by atoms with E-state index in [1.54, 1.807) is 37.3 Å². The molecule has 0 spiro atoms. The van der Waals surface area contributed by atoms with Crippen LogP contribution >= 0.6 is 0 Å². The number of nitrogens with zero attached hydrogens (tertiary/aromatic N) is 2. The summed E-state index contributed by atoms with van der Waals surface area (Å²) in [5.41, 5.74) is 9.32. The minimum absolute atomic E-state index is 0.201. The number of rotatable bonds is 6. The summed E-state index contributed by atoms with van der Waals surface area (Å²) >= 11 is 0. The van der Waals surface area contributed by atoms with Gasteiger partial charge in [0.1, 0.15) is 6.54 Å². The topological polar surface area (TPSA) is 108 Å². The minimum Gasteiger partial charge on any atom is -0.368 e. The lowest BCUT2D eigenvalue weighted by atomic mass is 9.90. The highest BCUT2D eigenvalue weighted by molar-refractivity contribution is 6.05. The molecular formula is C23H24N4O3. The molecule has 0 radical (unpaired) electrons. The Hall–Kier alpha value is -3.74. The molecule has 2 aromatic rings. The first-order valence-electron chi connectivity index (χ1n) is 9.52. The monoisotopic (exact) mass is 404 g/mol. The molecule has 30 heavy (non-hydrogen) atoms. The molecule has 0 saturated carbocycles. The van der Waals surface area contributed by atoms with Gasteiger partial charge in [-0.1, -0.05) is 36.4 Å². The maximum absolute atomic E-state index is 13.5. The number of urea groups is 1. The zero-order chi connectivity index (χ0) is 22.0. The maximum Gasteiger partial charge on any atom is 0.330 e. The van der Waals surface area contributed by atoms with Crippen LogP contribution in [0.25, 0.3) is 0 Å². The Bertz CT molecular complexity index is 1060. The lowest BCUT2D eigenvalue weighted by Crippen LogP contribution is -2.53. The van der Waals surface area contributed by atoms with Gasteiger partial charge in [-0.3, -0.25) is 14.5 Å². The first-order valence-corrected chi connectivity index (χ1v) is 9.52. The van der Waals surface area contributed by atoms with Crippen LogP contribution in [0.2, 0.25) is 0 Å². The molecule has 3 amide bonds. The summed E-state index contributed by atoms with van der Waals surface area (Å²) in [6, 6.07) is 13.2. The van der Waals surface area contributed by atoms with Crippen molar-refractivity contribution in [2.45, 2.75) is 26.8 Å². The van der Waals surface area contributed by atoms with E-state index >= 15 is 0 Å². The van der Waals surface area contributed by atoms with E-state index in [-0.39, 0.29) is 12.3 Å². The van der Waals surface area contributed by atoms with Crippen LogP contribution in [0.5, 0.6) is 0 Å². The lowest BCUT2D eigenvalue weighted by molar-refractivity contribution is -0.119. The van der Waals surface area contributed by atoms with E-state index < -0.39 is 18.0 Å². The summed E-state index contributed by atoms with van der Waals surface area (Å²) < 4.78 is 0. The molecular weight excluding hydrogens is 380 g/mol. The number of nitrogens with one attached hydrogen (secondary N) is 1. The lowest BCUT2D eigenvalue weighted by Gasteiger charge is -2.42. The summed E-state index contributed by atoms with van der Waals surface area (Å²) in [7, 11) is 0. The van der Waals surface area contributed by atoms with Gasteiger partial charge in [0.05, 0.1) is 11.7 Å². The van der Waals surface area contributed by atoms with Crippen LogP contribution in [0.15, 0.2) is 59.8 Å². The Labute approximate surface area is 175 Å². The van der Waals surface area contributed by atoms with Gasteiger partial charge in [0.25, 0.3) is 0 Å². The highest BCUT2D eigenvalue weighted by Crippen LogP contribution is 2.39. The smallest absolute Gasteiger partial charge is 0.330 e. The van der Waals surface area contributed by atoms with E-state index in [4.69, 9.17) is 11.1 Å². The van der Waals surface area contributed by atoms with E-state index in [1.807, 2.05) is 25.1 Å². The number of aryl methyl sites for hydroxylation is 1. The van der Waals surface area contributed by atoms with Gasteiger partial charge >= 0.3 is 6.03 Å². The third-order valence-electron chi connectivity index (χ3n) is 5.13. The molecule has 1 heterocycles. The number of hydrogen-bond donors (Lipinski definition) is 2. The van der Waals surface area contributed by atoms with Crippen molar-refractivity contribution in [2.24, 2.45) is 5.73 Å². The van der Waals surface area contributed by atoms with Crippen molar-refractivity contribution in [2.75, 3.05) is 11.4 Å². The molecule has 1 aliphatic rings. The molecule has 1 aliphatic heterocycles. The molecule has 0 aromatic heterocycles. The molecule has 0 saturated heterocycles. The normalized spacial score (nSPS) is 16.6. The van der Waals surface area contributed by atoms with E-state index in [0.717, 1.165) is 5.56 Å². The van der Waals surface area contributed by atoms with E-state index in [0.29, 0.717) is 28.1 Å². The number of nitrogens with two attached hydrogens (primary N) is 1. The number of carbonyl (C=O) groups is 3. The quantitative estimate of drug-likeness (QED) is 0.721. The predicted molar refractivity (Wildman–Crippen MR) is 115 cm³/mol. The van der Waals surface area contributed by atoms with Gasteiger partial charge < -0.3 is 16.0 Å². The average molecular weight is 404 g/mol.